The lowest BCUT2D eigenvalue weighted by molar-refractivity contribution is -0.139. The number of nitrogens with one attached hydrogen (secondary N) is 1. The Kier molecular flexibility index (Phi) is 5.70. The number of rotatable bonds is 6. The summed E-state index contributed by atoms with van der Waals surface area (Å²) in [6.45, 7) is 1.89. The van der Waals surface area contributed by atoms with E-state index in [2.05, 4.69) is 10.1 Å². The van der Waals surface area contributed by atoms with Crippen LogP contribution in [0.3, 0.4) is 0 Å². The van der Waals surface area contributed by atoms with Crippen LogP contribution in [-0.2, 0) is 16.0 Å². The molecule has 0 fully saturated rings. The van der Waals surface area contributed by atoms with Crippen molar-refractivity contribution >= 4 is 12.1 Å². The van der Waals surface area contributed by atoms with Crippen LogP contribution in [0.25, 0.3) is 0 Å². The minimum Gasteiger partial charge on any atom is -0.480 e. The van der Waals surface area contributed by atoms with Gasteiger partial charge in [0.1, 0.15) is 6.04 Å². The molecule has 0 aliphatic heterocycles. The fourth-order valence-corrected chi connectivity index (χ4v) is 1.53. The molecule has 0 saturated carbocycles. The molecule has 1 aromatic carbocycles. The van der Waals surface area contributed by atoms with E-state index in [-0.39, 0.29) is 6.61 Å². The van der Waals surface area contributed by atoms with E-state index >= 15 is 0 Å². The Morgan fingerprint density at radius 2 is 2.00 bits per heavy atom. The van der Waals surface area contributed by atoms with Crippen LogP contribution >= 0.6 is 0 Å². The average Bonchev–Trinajstić information content (AvgIpc) is 2.35. The SMILES string of the molecule is CCOC(=O)N[C@H](CCc1ccccc1)C(=O)O. The molecule has 0 heterocycles. The van der Waals surface area contributed by atoms with Gasteiger partial charge in [-0.15, -0.1) is 0 Å². The fourth-order valence-electron chi connectivity index (χ4n) is 1.53. The summed E-state index contributed by atoms with van der Waals surface area (Å²) < 4.78 is 4.66. The van der Waals surface area contributed by atoms with E-state index in [0.717, 1.165) is 5.56 Å². The highest BCUT2D eigenvalue weighted by molar-refractivity contribution is 5.79. The van der Waals surface area contributed by atoms with Crippen molar-refractivity contribution in [1.82, 2.24) is 5.32 Å². The first-order valence-corrected chi connectivity index (χ1v) is 5.83. The van der Waals surface area contributed by atoms with Gasteiger partial charge in [0.25, 0.3) is 0 Å². The molecule has 0 aromatic heterocycles. The van der Waals surface area contributed by atoms with E-state index in [9.17, 15) is 9.59 Å². The molecule has 18 heavy (non-hydrogen) atoms. The lowest BCUT2D eigenvalue weighted by atomic mass is 10.1. The molecule has 0 unspecified atom stereocenters. The molecule has 0 spiro atoms. The standard InChI is InChI=1S/C13H17NO4/c1-2-18-13(17)14-11(12(15)16)9-8-10-6-4-3-5-7-10/h3-7,11H,2,8-9H2,1H3,(H,14,17)(H,15,16)/t11-/m1/s1. The molecular formula is C13H17NO4. The van der Waals surface area contributed by atoms with Gasteiger partial charge in [-0.2, -0.15) is 0 Å². The molecule has 0 radical (unpaired) electrons. The molecule has 0 aliphatic rings. The number of hydrogen-bond acceptors (Lipinski definition) is 3. The zero-order valence-corrected chi connectivity index (χ0v) is 10.3. The summed E-state index contributed by atoms with van der Waals surface area (Å²) in [7, 11) is 0. The maximum Gasteiger partial charge on any atom is 0.407 e. The quantitative estimate of drug-likeness (QED) is 0.808. The van der Waals surface area contributed by atoms with Gasteiger partial charge in [0.2, 0.25) is 0 Å². The number of amides is 1. The number of hydrogen-bond donors (Lipinski definition) is 2. The molecule has 1 aromatic rings. The minimum absolute atomic E-state index is 0.219. The third kappa shape index (κ3) is 4.86. The average molecular weight is 251 g/mol. The zero-order valence-electron chi connectivity index (χ0n) is 10.3. The highest BCUT2D eigenvalue weighted by Gasteiger charge is 2.20. The molecule has 1 amide bonds. The third-order valence-electron chi connectivity index (χ3n) is 2.43. The number of alkyl carbamates (subject to hydrolysis) is 1. The number of aryl methyl sites for hydroxylation is 1. The molecule has 0 saturated heterocycles. The number of carboxylic acids is 1. The first-order valence-electron chi connectivity index (χ1n) is 5.83. The molecule has 0 bridgehead atoms. The maximum absolute atomic E-state index is 11.2. The van der Waals surface area contributed by atoms with Crippen molar-refractivity contribution in [3.63, 3.8) is 0 Å². The first kappa shape index (κ1) is 14.0. The van der Waals surface area contributed by atoms with Gasteiger partial charge >= 0.3 is 12.1 Å². The van der Waals surface area contributed by atoms with E-state index in [1.807, 2.05) is 30.3 Å². The topological polar surface area (TPSA) is 75.6 Å². The van der Waals surface area contributed by atoms with Crippen LogP contribution < -0.4 is 5.32 Å². The Bertz CT molecular complexity index is 391. The molecule has 5 heteroatoms. The summed E-state index contributed by atoms with van der Waals surface area (Å²) in [6, 6.07) is 8.60. The maximum atomic E-state index is 11.2. The second-order valence-corrected chi connectivity index (χ2v) is 3.78. The second kappa shape index (κ2) is 7.32. The summed E-state index contributed by atoms with van der Waals surface area (Å²) in [5.41, 5.74) is 1.04. The smallest absolute Gasteiger partial charge is 0.407 e. The highest BCUT2D eigenvalue weighted by Crippen LogP contribution is 2.05. The van der Waals surface area contributed by atoms with Gasteiger partial charge in [0.15, 0.2) is 0 Å². The van der Waals surface area contributed by atoms with Crippen molar-refractivity contribution in [3.8, 4) is 0 Å². The Hall–Kier alpha value is -2.04. The predicted molar refractivity (Wildman–Crippen MR) is 66.3 cm³/mol. The summed E-state index contributed by atoms with van der Waals surface area (Å²) in [5.74, 6) is -1.06. The van der Waals surface area contributed by atoms with Gasteiger partial charge in [0.05, 0.1) is 6.61 Å². The lowest BCUT2D eigenvalue weighted by Gasteiger charge is -2.14. The normalized spacial score (nSPS) is 11.6. The van der Waals surface area contributed by atoms with Crippen LogP contribution in [0.1, 0.15) is 18.9 Å². The van der Waals surface area contributed by atoms with Gasteiger partial charge in [0, 0.05) is 0 Å². The van der Waals surface area contributed by atoms with Crippen LogP contribution in [0.15, 0.2) is 30.3 Å². The number of carbonyl (C=O) groups excluding carboxylic acids is 1. The van der Waals surface area contributed by atoms with Crippen LogP contribution in [0.5, 0.6) is 0 Å². The number of carboxylic acid groups (broad SMARTS) is 1. The van der Waals surface area contributed by atoms with Gasteiger partial charge in [-0.05, 0) is 25.3 Å². The van der Waals surface area contributed by atoms with Crippen molar-refractivity contribution in [3.05, 3.63) is 35.9 Å². The minimum atomic E-state index is -1.06. The fraction of sp³-hybridized carbons (Fsp3) is 0.385. The van der Waals surface area contributed by atoms with Crippen molar-refractivity contribution < 1.29 is 19.4 Å². The molecule has 0 aliphatic carbocycles. The Morgan fingerprint density at radius 1 is 1.33 bits per heavy atom. The van der Waals surface area contributed by atoms with E-state index in [0.29, 0.717) is 12.8 Å². The largest absolute Gasteiger partial charge is 0.480 e. The van der Waals surface area contributed by atoms with Gasteiger partial charge in [-0.1, -0.05) is 30.3 Å². The summed E-state index contributed by atoms with van der Waals surface area (Å²) >= 11 is 0. The van der Waals surface area contributed by atoms with E-state index in [1.165, 1.54) is 0 Å². The number of carbonyl (C=O) groups is 2. The van der Waals surface area contributed by atoms with Gasteiger partial charge in [-0.25, -0.2) is 9.59 Å². The van der Waals surface area contributed by atoms with Gasteiger partial charge < -0.3 is 15.2 Å². The predicted octanol–water partition coefficient (Wildman–Crippen LogP) is 1.82. The molecule has 5 nitrogen and oxygen atoms in total. The summed E-state index contributed by atoms with van der Waals surface area (Å²) in [4.78, 5) is 22.2. The molecule has 98 valence electrons. The van der Waals surface area contributed by atoms with E-state index in [4.69, 9.17) is 5.11 Å². The van der Waals surface area contributed by atoms with Gasteiger partial charge in [-0.3, -0.25) is 0 Å². The van der Waals surface area contributed by atoms with Crippen molar-refractivity contribution in [2.75, 3.05) is 6.61 Å². The van der Waals surface area contributed by atoms with Crippen LogP contribution in [-0.4, -0.2) is 29.8 Å². The van der Waals surface area contributed by atoms with E-state index in [1.54, 1.807) is 6.92 Å². The van der Waals surface area contributed by atoms with Crippen LogP contribution in [0.2, 0.25) is 0 Å². The summed E-state index contributed by atoms with van der Waals surface area (Å²) in [5, 5.41) is 11.3. The van der Waals surface area contributed by atoms with E-state index < -0.39 is 18.1 Å². The Morgan fingerprint density at radius 3 is 2.56 bits per heavy atom. The Balaban J connectivity index is 2.48. The first-order chi connectivity index (χ1) is 8.63. The number of aliphatic carboxylic acids is 1. The molecule has 1 rings (SSSR count). The number of benzene rings is 1. The summed E-state index contributed by atoms with van der Waals surface area (Å²) in [6.07, 6.45) is 0.223. The number of ether oxygens (including phenoxy) is 1. The van der Waals surface area contributed by atoms with Crippen LogP contribution in [0, 0.1) is 0 Å². The molecule has 1 atom stereocenters. The molecule has 2 N–H and O–H groups in total. The zero-order chi connectivity index (χ0) is 13.4. The second-order valence-electron chi connectivity index (χ2n) is 3.78. The third-order valence-corrected chi connectivity index (χ3v) is 2.43. The van der Waals surface area contributed by atoms with Crippen LogP contribution in [0.4, 0.5) is 4.79 Å². The molecular weight excluding hydrogens is 234 g/mol. The van der Waals surface area contributed by atoms with Crippen molar-refractivity contribution in [1.29, 1.82) is 0 Å². The Labute approximate surface area is 106 Å². The van der Waals surface area contributed by atoms with Crippen molar-refractivity contribution in [2.45, 2.75) is 25.8 Å². The monoisotopic (exact) mass is 251 g/mol. The lowest BCUT2D eigenvalue weighted by Crippen LogP contribution is -2.41. The highest BCUT2D eigenvalue weighted by atomic mass is 16.5. The van der Waals surface area contributed by atoms with Crippen molar-refractivity contribution in [2.24, 2.45) is 0 Å².